The number of ether oxygens (including phenoxy) is 1. The Morgan fingerprint density at radius 2 is 1.91 bits per heavy atom. The third-order valence-corrected chi connectivity index (χ3v) is 6.36. The number of nitrogens with zero attached hydrogens (tertiary/aromatic N) is 3. The minimum absolute atomic E-state index is 0.0390. The van der Waals surface area contributed by atoms with E-state index in [0.717, 1.165) is 16.8 Å². The Bertz CT molecular complexity index is 1500. The second-order valence-corrected chi connectivity index (χ2v) is 8.21. The van der Waals surface area contributed by atoms with Crippen molar-refractivity contribution in [3.8, 4) is 22.9 Å². The Morgan fingerprint density at radius 3 is 2.62 bits per heavy atom. The van der Waals surface area contributed by atoms with Crippen LogP contribution >= 0.6 is 27.5 Å². The second kappa shape index (κ2) is 9.11. The number of phenolic OH excluding ortho intramolecular Hbond substituents is 1. The molecule has 174 valence electrons. The molecule has 0 saturated heterocycles. The molecule has 0 radical (unpaired) electrons. The number of halogens is 5. The summed E-state index contributed by atoms with van der Waals surface area (Å²) in [6.45, 7) is 0. The quantitative estimate of drug-likeness (QED) is 0.311. The summed E-state index contributed by atoms with van der Waals surface area (Å²) in [5, 5.41) is 14.5. The number of phenols is 1. The van der Waals surface area contributed by atoms with Gasteiger partial charge in [-0.05, 0) is 46.3 Å². The summed E-state index contributed by atoms with van der Waals surface area (Å²) in [6, 6.07) is 12.3. The van der Waals surface area contributed by atoms with Gasteiger partial charge in [0.2, 0.25) is 0 Å². The maximum absolute atomic E-state index is 13.3. The largest absolute Gasteiger partial charge is 0.503 e. The SMILES string of the molecule is COc1cc(C=Nn2c(-c3cccc(C(F)(F)F)c3)nc3ccccc3c2=O)c(Br)c(Cl)c1O. The molecule has 0 aliphatic carbocycles. The van der Waals surface area contributed by atoms with E-state index >= 15 is 0 Å². The van der Waals surface area contributed by atoms with Crippen molar-refractivity contribution in [3.05, 3.63) is 85.6 Å². The fourth-order valence-electron chi connectivity index (χ4n) is 3.23. The smallest absolute Gasteiger partial charge is 0.416 e. The molecule has 4 aromatic rings. The summed E-state index contributed by atoms with van der Waals surface area (Å²) in [5.41, 5.74) is -0.769. The van der Waals surface area contributed by atoms with Crippen molar-refractivity contribution < 1.29 is 23.0 Å². The molecule has 0 bridgehead atoms. The van der Waals surface area contributed by atoms with Crippen molar-refractivity contribution in [2.75, 3.05) is 7.11 Å². The monoisotopic (exact) mass is 551 g/mol. The first-order valence-electron chi connectivity index (χ1n) is 9.60. The number of aromatic nitrogens is 2. The highest BCUT2D eigenvalue weighted by atomic mass is 79.9. The van der Waals surface area contributed by atoms with Gasteiger partial charge in [-0.2, -0.15) is 22.9 Å². The standard InChI is InChI=1S/C23H14BrClF3N3O3/c1-34-17-10-13(18(24)19(25)20(17)32)11-29-31-21(12-5-4-6-14(9-12)23(26,27)28)30-16-8-3-2-7-15(16)22(31)33/h2-11,32H,1H3. The van der Waals surface area contributed by atoms with Gasteiger partial charge in [-0.15, -0.1) is 0 Å². The molecule has 0 atom stereocenters. The van der Waals surface area contributed by atoms with E-state index in [-0.39, 0.29) is 37.8 Å². The summed E-state index contributed by atoms with van der Waals surface area (Å²) in [4.78, 5) is 17.6. The van der Waals surface area contributed by atoms with Gasteiger partial charge in [0.1, 0.15) is 5.02 Å². The number of rotatable bonds is 4. The van der Waals surface area contributed by atoms with Crippen LogP contribution in [0.25, 0.3) is 22.3 Å². The average molecular weight is 553 g/mol. The minimum Gasteiger partial charge on any atom is -0.503 e. The zero-order valence-corrected chi connectivity index (χ0v) is 19.6. The maximum Gasteiger partial charge on any atom is 0.416 e. The number of alkyl halides is 3. The molecule has 0 amide bonds. The predicted molar refractivity (Wildman–Crippen MR) is 127 cm³/mol. The molecule has 0 unspecified atom stereocenters. The summed E-state index contributed by atoms with van der Waals surface area (Å²) in [5.74, 6) is -0.307. The number of hydrogen-bond donors (Lipinski definition) is 1. The fourth-order valence-corrected chi connectivity index (χ4v) is 3.84. The Hall–Kier alpha value is -3.37. The normalized spacial score (nSPS) is 11.9. The lowest BCUT2D eigenvalue weighted by molar-refractivity contribution is -0.137. The highest BCUT2D eigenvalue weighted by Gasteiger charge is 2.31. The van der Waals surface area contributed by atoms with Crippen LogP contribution in [0.5, 0.6) is 11.5 Å². The summed E-state index contributed by atoms with van der Waals surface area (Å²) < 4.78 is 46.2. The molecule has 1 N–H and O–H groups in total. The van der Waals surface area contributed by atoms with Crippen LogP contribution in [0.4, 0.5) is 13.2 Å². The first-order chi connectivity index (χ1) is 16.1. The van der Waals surface area contributed by atoms with Crippen LogP contribution < -0.4 is 10.3 Å². The zero-order chi connectivity index (χ0) is 24.6. The van der Waals surface area contributed by atoms with Gasteiger partial charge >= 0.3 is 6.18 Å². The molecule has 4 rings (SSSR count). The van der Waals surface area contributed by atoms with Crippen LogP contribution in [0.1, 0.15) is 11.1 Å². The Labute approximate surface area is 204 Å². The number of hydrogen-bond acceptors (Lipinski definition) is 5. The van der Waals surface area contributed by atoms with Gasteiger partial charge in [0.05, 0.1) is 29.8 Å². The van der Waals surface area contributed by atoms with E-state index in [0.29, 0.717) is 11.1 Å². The molecule has 3 aromatic carbocycles. The number of benzene rings is 3. The third kappa shape index (κ3) is 4.38. The van der Waals surface area contributed by atoms with Crippen molar-refractivity contribution in [3.63, 3.8) is 0 Å². The van der Waals surface area contributed by atoms with E-state index in [1.807, 2.05) is 0 Å². The zero-order valence-electron chi connectivity index (χ0n) is 17.3. The topological polar surface area (TPSA) is 76.7 Å². The van der Waals surface area contributed by atoms with Gasteiger partial charge in [-0.1, -0.05) is 35.9 Å². The summed E-state index contributed by atoms with van der Waals surface area (Å²) in [6.07, 6.45) is -3.32. The first-order valence-corrected chi connectivity index (χ1v) is 10.8. The van der Waals surface area contributed by atoms with E-state index in [9.17, 15) is 23.1 Å². The van der Waals surface area contributed by atoms with Crippen LogP contribution in [0, 0.1) is 0 Å². The molecule has 1 aromatic heterocycles. The molecular formula is C23H14BrClF3N3O3. The van der Waals surface area contributed by atoms with E-state index in [1.165, 1.54) is 31.5 Å². The lowest BCUT2D eigenvalue weighted by Gasteiger charge is -2.12. The van der Waals surface area contributed by atoms with Crippen molar-refractivity contribution in [2.24, 2.45) is 5.10 Å². The second-order valence-electron chi connectivity index (χ2n) is 7.04. The van der Waals surface area contributed by atoms with Crippen LogP contribution in [0.15, 0.2) is 69.0 Å². The molecule has 0 aliphatic heterocycles. The Balaban J connectivity index is 1.96. The highest BCUT2D eigenvalue weighted by Crippen LogP contribution is 2.41. The molecule has 11 heteroatoms. The van der Waals surface area contributed by atoms with Crippen molar-refractivity contribution >= 4 is 44.6 Å². The van der Waals surface area contributed by atoms with Gasteiger partial charge in [0.15, 0.2) is 17.3 Å². The van der Waals surface area contributed by atoms with Gasteiger partial charge in [-0.3, -0.25) is 4.79 Å². The molecule has 0 aliphatic rings. The summed E-state index contributed by atoms with van der Waals surface area (Å²) in [7, 11) is 1.34. The van der Waals surface area contributed by atoms with E-state index in [2.05, 4.69) is 26.0 Å². The van der Waals surface area contributed by atoms with Gasteiger partial charge < -0.3 is 9.84 Å². The van der Waals surface area contributed by atoms with Gasteiger partial charge in [0, 0.05) is 15.6 Å². The molecule has 0 fully saturated rings. The maximum atomic E-state index is 13.3. The van der Waals surface area contributed by atoms with Gasteiger partial charge in [-0.25, -0.2) is 4.98 Å². The third-order valence-electron chi connectivity index (χ3n) is 4.91. The number of methoxy groups -OCH3 is 1. The van der Waals surface area contributed by atoms with Crippen LogP contribution in [-0.4, -0.2) is 28.1 Å². The number of fused-ring (bicyclic) bond motifs is 1. The van der Waals surface area contributed by atoms with Crippen LogP contribution in [0.2, 0.25) is 5.02 Å². The van der Waals surface area contributed by atoms with E-state index in [1.54, 1.807) is 24.3 Å². The van der Waals surface area contributed by atoms with Gasteiger partial charge in [0.25, 0.3) is 5.56 Å². The molecule has 0 saturated carbocycles. The van der Waals surface area contributed by atoms with Crippen molar-refractivity contribution in [1.82, 2.24) is 9.66 Å². The van der Waals surface area contributed by atoms with E-state index in [4.69, 9.17) is 16.3 Å². The number of aromatic hydroxyl groups is 1. The molecule has 1 heterocycles. The first kappa shape index (κ1) is 23.8. The Kier molecular flexibility index (Phi) is 6.37. The fraction of sp³-hybridized carbons (Fsp3) is 0.0870. The van der Waals surface area contributed by atoms with E-state index < -0.39 is 17.3 Å². The highest BCUT2D eigenvalue weighted by molar-refractivity contribution is 9.10. The lowest BCUT2D eigenvalue weighted by atomic mass is 10.1. The van der Waals surface area contributed by atoms with Crippen LogP contribution in [0.3, 0.4) is 0 Å². The minimum atomic E-state index is -4.58. The summed E-state index contributed by atoms with van der Waals surface area (Å²) >= 11 is 9.37. The number of para-hydroxylation sites is 1. The van der Waals surface area contributed by atoms with Crippen molar-refractivity contribution in [2.45, 2.75) is 6.18 Å². The lowest BCUT2D eigenvalue weighted by Crippen LogP contribution is -2.20. The molecule has 0 spiro atoms. The average Bonchev–Trinajstić information content (AvgIpc) is 2.82. The molecule has 34 heavy (non-hydrogen) atoms. The predicted octanol–water partition coefficient (Wildman–Crippen LogP) is 6.09. The van der Waals surface area contributed by atoms with Crippen LogP contribution in [-0.2, 0) is 6.18 Å². The molecular weight excluding hydrogens is 539 g/mol. The Morgan fingerprint density at radius 1 is 1.18 bits per heavy atom. The van der Waals surface area contributed by atoms with Crippen molar-refractivity contribution in [1.29, 1.82) is 0 Å². The molecule has 6 nitrogen and oxygen atoms in total.